The highest BCUT2D eigenvalue weighted by atomic mass is 19.3. The summed E-state index contributed by atoms with van der Waals surface area (Å²) in [5.41, 5.74) is 0. The van der Waals surface area contributed by atoms with E-state index in [0.29, 0.717) is 5.92 Å². The maximum atomic E-state index is 12.6. The zero-order chi connectivity index (χ0) is 8.48. The van der Waals surface area contributed by atoms with Crippen molar-refractivity contribution < 1.29 is 8.78 Å². The van der Waals surface area contributed by atoms with Gasteiger partial charge in [-0.15, -0.1) is 0 Å². The van der Waals surface area contributed by atoms with Gasteiger partial charge >= 0.3 is 0 Å². The van der Waals surface area contributed by atoms with Gasteiger partial charge in [0.15, 0.2) is 0 Å². The van der Waals surface area contributed by atoms with Gasteiger partial charge in [0.2, 0.25) is 0 Å². The van der Waals surface area contributed by atoms with E-state index in [2.05, 4.69) is 19.2 Å². The van der Waals surface area contributed by atoms with Crippen molar-refractivity contribution in [2.24, 2.45) is 5.92 Å². The van der Waals surface area contributed by atoms with E-state index in [4.69, 9.17) is 0 Å². The van der Waals surface area contributed by atoms with Crippen LogP contribution in [0, 0.1) is 5.92 Å². The van der Waals surface area contributed by atoms with Crippen molar-refractivity contribution in [3.63, 3.8) is 0 Å². The highest BCUT2D eigenvalue weighted by molar-refractivity contribution is 4.87. The first-order chi connectivity index (χ1) is 4.99. The van der Waals surface area contributed by atoms with Gasteiger partial charge in [0.05, 0.1) is 6.54 Å². The Morgan fingerprint density at radius 1 is 1.55 bits per heavy atom. The molecular weight excluding hydrogens is 148 g/mol. The molecule has 11 heavy (non-hydrogen) atoms. The predicted molar refractivity (Wildman–Crippen MR) is 40.8 cm³/mol. The largest absolute Gasteiger partial charge is 0.308 e. The lowest BCUT2D eigenvalue weighted by Gasteiger charge is -2.11. The summed E-state index contributed by atoms with van der Waals surface area (Å²) in [4.78, 5) is 0. The third kappa shape index (κ3) is 2.73. The van der Waals surface area contributed by atoms with Gasteiger partial charge in [-0.05, 0) is 12.3 Å². The highest BCUT2D eigenvalue weighted by Crippen LogP contribution is 2.27. The van der Waals surface area contributed by atoms with Gasteiger partial charge in [-0.1, -0.05) is 13.8 Å². The molecule has 3 heteroatoms. The summed E-state index contributed by atoms with van der Waals surface area (Å²) in [7, 11) is 0. The Bertz CT molecular complexity index is 134. The van der Waals surface area contributed by atoms with Crippen LogP contribution in [0.4, 0.5) is 8.78 Å². The summed E-state index contributed by atoms with van der Waals surface area (Å²) in [6.07, 6.45) is 0.876. The molecule has 0 saturated carbocycles. The van der Waals surface area contributed by atoms with E-state index >= 15 is 0 Å². The van der Waals surface area contributed by atoms with Gasteiger partial charge in [0.1, 0.15) is 0 Å². The van der Waals surface area contributed by atoms with Crippen LogP contribution < -0.4 is 5.32 Å². The third-order valence-corrected chi connectivity index (χ3v) is 1.95. The molecule has 0 aromatic rings. The summed E-state index contributed by atoms with van der Waals surface area (Å²) in [6, 6.07) is 0.0324. The molecule has 1 rings (SSSR count). The lowest BCUT2D eigenvalue weighted by atomic mass is 10.0. The fourth-order valence-electron chi connectivity index (χ4n) is 1.53. The van der Waals surface area contributed by atoms with Crippen LogP contribution in [0.15, 0.2) is 0 Å². The van der Waals surface area contributed by atoms with E-state index in [-0.39, 0.29) is 19.0 Å². The Morgan fingerprint density at radius 3 is 2.55 bits per heavy atom. The summed E-state index contributed by atoms with van der Waals surface area (Å²) in [5.74, 6) is -1.96. The Hall–Kier alpha value is -0.180. The molecule has 0 aromatic heterocycles. The fraction of sp³-hybridized carbons (Fsp3) is 1.00. The fourth-order valence-corrected chi connectivity index (χ4v) is 1.53. The van der Waals surface area contributed by atoms with E-state index in [1.54, 1.807) is 0 Å². The summed E-state index contributed by atoms with van der Waals surface area (Å²) >= 11 is 0. The van der Waals surface area contributed by atoms with Gasteiger partial charge in [-0.3, -0.25) is 0 Å². The molecule has 0 aliphatic carbocycles. The van der Waals surface area contributed by atoms with Crippen LogP contribution in [0.5, 0.6) is 0 Å². The average molecular weight is 163 g/mol. The number of nitrogens with one attached hydrogen (secondary N) is 1. The molecule has 1 N–H and O–H groups in total. The van der Waals surface area contributed by atoms with E-state index < -0.39 is 5.92 Å². The topological polar surface area (TPSA) is 12.0 Å². The molecular formula is C8H15F2N. The molecule has 0 spiro atoms. The Labute approximate surface area is 66.2 Å². The molecule has 1 unspecified atom stereocenters. The number of halogens is 2. The Kier molecular flexibility index (Phi) is 2.47. The van der Waals surface area contributed by atoms with Gasteiger partial charge in [-0.2, -0.15) is 0 Å². The van der Waals surface area contributed by atoms with Gasteiger partial charge in [0.25, 0.3) is 5.92 Å². The van der Waals surface area contributed by atoms with Crippen molar-refractivity contribution >= 4 is 0 Å². The molecule has 0 aromatic carbocycles. The predicted octanol–water partition coefficient (Wildman–Crippen LogP) is 2.03. The first-order valence-electron chi connectivity index (χ1n) is 4.11. The molecule has 66 valence electrons. The molecule has 1 atom stereocenters. The quantitative estimate of drug-likeness (QED) is 0.656. The van der Waals surface area contributed by atoms with Crippen molar-refractivity contribution in [2.45, 2.75) is 38.7 Å². The minimum atomic E-state index is -2.46. The third-order valence-electron chi connectivity index (χ3n) is 1.95. The minimum absolute atomic E-state index is 0.0190. The number of rotatable bonds is 2. The standard InChI is InChI=1S/C8H15F2N/c1-6(2)3-7-4-8(9,10)5-11-7/h6-7,11H,3-5H2,1-2H3. The Morgan fingerprint density at radius 2 is 2.18 bits per heavy atom. The second kappa shape index (κ2) is 3.05. The SMILES string of the molecule is CC(C)CC1CC(F)(F)CN1. The van der Waals surface area contributed by atoms with Crippen molar-refractivity contribution in [3.8, 4) is 0 Å². The van der Waals surface area contributed by atoms with Crippen molar-refractivity contribution in [2.75, 3.05) is 6.54 Å². The first kappa shape index (κ1) is 8.91. The summed E-state index contributed by atoms with van der Waals surface area (Å²) < 4.78 is 25.2. The van der Waals surface area contributed by atoms with Gasteiger partial charge in [0, 0.05) is 12.5 Å². The molecule has 1 aliphatic heterocycles. The molecule has 1 fully saturated rings. The second-order valence-corrected chi connectivity index (χ2v) is 3.77. The Balaban J connectivity index is 2.31. The van der Waals surface area contributed by atoms with Gasteiger partial charge < -0.3 is 5.32 Å². The van der Waals surface area contributed by atoms with Gasteiger partial charge in [-0.25, -0.2) is 8.78 Å². The number of hydrogen-bond acceptors (Lipinski definition) is 1. The highest BCUT2D eigenvalue weighted by Gasteiger charge is 2.38. The van der Waals surface area contributed by atoms with Crippen LogP contribution in [-0.2, 0) is 0 Å². The summed E-state index contributed by atoms with van der Waals surface area (Å²) in [5, 5.41) is 2.83. The minimum Gasteiger partial charge on any atom is -0.308 e. The van der Waals surface area contributed by atoms with Crippen LogP contribution in [0.1, 0.15) is 26.7 Å². The zero-order valence-corrected chi connectivity index (χ0v) is 7.03. The number of alkyl halides is 2. The average Bonchev–Trinajstić information content (AvgIpc) is 2.08. The molecule has 0 bridgehead atoms. The van der Waals surface area contributed by atoms with Crippen LogP contribution in [0.3, 0.4) is 0 Å². The number of hydrogen-bond donors (Lipinski definition) is 1. The first-order valence-corrected chi connectivity index (χ1v) is 4.11. The zero-order valence-electron chi connectivity index (χ0n) is 7.03. The van der Waals surface area contributed by atoms with Crippen LogP contribution >= 0.6 is 0 Å². The van der Waals surface area contributed by atoms with Crippen LogP contribution in [0.2, 0.25) is 0 Å². The van der Waals surface area contributed by atoms with Crippen molar-refractivity contribution in [3.05, 3.63) is 0 Å². The maximum absolute atomic E-state index is 12.6. The second-order valence-electron chi connectivity index (χ2n) is 3.77. The molecule has 0 amide bonds. The lowest BCUT2D eigenvalue weighted by Crippen LogP contribution is -2.23. The maximum Gasteiger partial charge on any atom is 0.261 e. The van der Waals surface area contributed by atoms with E-state index in [9.17, 15) is 8.78 Å². The van der Waals surface area contributed by atoms with Crippen LogP contribution in [0.25, 0.3) is 0 Å². The molecule has 1 saturated heterocycles. The molecule has 1 heterocycles. The van der Waals surface area contributed by atoms with E-state index in [1.165, 1.54) is 0 Å². The molecule has 1 nitrogen and oxygen atoms in total. The molecule has 1 aliphatic rings. The van der Waals surface area contributed by atoms with Crippen molar-refractivity contribution in [1.29, 1.82) is 0 Å². The normalized spacial score (nSPS) is 29.7. The summed E-state index contributed by atoms with van der Waals surface area (Å²) in [6.45, 7) is 3.97. The smallest absolute Gasteiger partial charge is 0.261 e. The van der Waals surface area contributed by atoms with Crippen LogP contribution in [-0.4, -0.2) is 18.5 Å². The monoisotopic (exact) mass is 163 g/mol. The van der Waals surface area contributed by atoms with E-state index in [1.807, 2.05) is 0 Å². The lowest BCUT2D eigenvalue weighted by molar-refractivity contribution is 0.0205. The van der Waals surface area contributed by atoms with E-state index in [0.717, 1.165) is 6.42 Å². The van der Waals surface area contributed by atoms with Crippen molar-refractivity contribution in [1.82, 2.24) is 5.32 Å². The molecule has 0 radical (unpaired) electrons.